The zero-order chi connectivity index (χ0) is 12.1. The van der Waals surface area contributed by atoms with E-state index >= 15 is 0 Å². The molecule has 0 unspecified atom stereocenters. The lowest BCUT2D eigenvalue weighted by atomic mass is 10.2. The number of rotatable bonds is 4. The summed E-state index contributed by atoms with van der Waals surface area (Å²) < 4.78 is 0.637. The third kappa shape index (κ3) is 3.48. The first-order valence-electron chi connectivity index (χ1n) is 4.59. The van der Waals surface area contributed by atoms with Gasteiger partial charge in [0.1, 0.15) is 0 Å². The van der Waals surface area contributed by atoms with Gasteiger partial charge in [-0.3, -0.25) is 4.79 Å². The lowest BCUT2D eigenvalue weighted by Gasteiger charge is -2.14. The van der Waals surface area contributed by atoms with Crippen molar-refractivity contribution in [3.8, 4) is 0 Å². The Bertz CT molecular complexity index is 382. The molecule has 1 aromatic rings. The van der Waals surface area contributed by atoms with Crippen molar-refractivity contribution in [3.05, 3.63) is 28.2 Å². The van der Waals surface area contributed by atoms with Crippen LogP contribution in [-0.4, -0.2) is 35.4 Å². The lowest BCUT2D eigenvalue weighted by Crippen LogP contribution is -2.40. The number of amides is 1. The Hall–Kier alpha value is -0.560. The van der Waals surface area contributed by atoms with Crippen molar-refractivity contribution in [2.24, 2.45) is 0 Å². The van der Waals surface area contributed by atoms with E-state index in [0.29, 0.717) is 14.9 Å². The highest BCUT2D eigenvalue weighted by Gasteiger charge is 2.14. The number of aliphatic hydroxyl groups is 2. The molecule has 0 aliphatic rings. The quantitative estimate of drug-likeness (QED) is 0.623. The second-order valence-corrected chi connectivity index (χ2v) is 4.57. The molecule has 0 saturated heterocycles. The van der Waals surface area contributed by atoms with Gasteiger partial charge in [0.2, 0.25) is 0 Å². The molecular formula is C10H12BrNO3S. The van der Waals surface area contributed by atoms with Gasteiger partial charge in [-0.1, -0.05) is 0 Å². The standard InChI is InChI=1S/C10H12BrNO3S/c11-9-2-1-7(16)3-8(9)10(15)12-6(4-13)5-14/h1-3,6,13-14,16H,4-5H2,(H,12,15). The summed E-state index contributed by atoms with van der Waals surface area (Å²) in [5.41, 5.74) is 0.416. The van der Waals surface area contributed by atoms with Crippen LogP contribution in [0.5, 0.6) is 0 Å². The molecule has 4 nitrogen and oxygen atoms in total. The monoisotopic (exact) mass is 305 g/mol. The Morgan fingerprint density at radius 2 is 2.06 bits per heavy atom. The van der Waals surface area contributed by atoms with E-state index in [1.807, 2.05) is 0 Å². The maximum absolute atomic E-state index is 11.7. The highest BCUT2D eigenvalue weighted by Crippen LogP contribution is 2.20. The maximum atomic E-state index is 11.7. The molecule has 16 heavy (non-hydrogen) atoms. The highest BCUT2D eigenvalue weighted by molar-refractivity contribution is 9.10. The van der Waals surface area contributed by atoms with E-state index in [4.69, 9.17) is 10.2 Å². The van der Waals surface area contributed by atoms with Gasteiger partial charge in [-0.05, 0) is 34.1 Å². The van der Waals surface area contributed by atoms with Crippen molar-refractivity contribution in [2.45, 2.75) is 10.9 Å². The van der Waals surface area contributed by atoms with Crippen molar-refractivity contribution < 1.29 is 15.0 Å². The molecule has 88 valence electrons. The van der Waals surface area contributed by atoms with Crippen LogP contribution in [0.15, 0.2) is 27.6 Å². The molecule has 0 atom stereocenters. The molecule has 0 fully saturated rings. The highest BCUT2D eigenvalue weighted by atomic mass is 79.9. The van der Waals surface area contributed by atoms with Gasteiger partial charge in [0.25, 0.3) is 5.91 Å². The molecule has 0 spiro atoms. The van der Waals surface area contributed by atoms with E-state index in [9.17, 15) is 4.79 Å². The molecule has 0 aliphatic heterocycles. The van der Waals surface area contributed by atoms with Crippen LogP contribution in [-0.2, 0) is 0 Å². The van der Waals surface area contributed by atoms with Gasteiger partial charge < -0.3 is 15.5 Å². The molecule has 0 aliphatic carbocycles. The minimum absolute atomic E-state index is 0.305. The van der Waals surface area contributed by atoms with E-state index < -0.39 is 6.04 Å². The Morgan fingerprint density at radius 1 is 1.44 bits per heavy atom. The molecule has 1 rings (SSSR count). The lowest BCUT2D eigenvalue weighted by molar-refractivity contribution is 0.0878. The molecule has 1 aromatic carbocycles. The number of hydrogen-bond acceptors (Lipinski definition) is 4. The smallest absolute Gasteiger partial charge is 0.252 e. The van der Waals surface area contributed by atoms with Gasteiger partial charge in [0, 0.05) is 9.37 Å². The number of hydrogen-bond donors (Lipinski definition) is 4. The molecule has 1 amide bonds. The second kappa shape index (κ2) is 6.24. The predicted molar refractivity (Wildman–Crippen MR) is 66.8 cm³/mol. The minimum atomic E-state index is -0.650. The molecule has 0 saturated carbocycles. The second-order valence-electron chi connectivity index (χ2n) is 3.20. The predicted octanol–water partition coefficient (Wildman–Crippen LogP) is 0.821. The topological polar surface area (TPSA) is 69.6 Å². The normalized spacial score (nSPS) is 10.6. The number of carbonyl (C=O) groups excluding carboxylic acids is 1. The largest absolute Gasteiger partial charge is 0.394 e. The fourth-order valence-electron chi connectivity index (χ4n) is 1.10. The van der Waals surface area contributed by atoms with E-state index in [0.717, 1.165) is 0 Å². The zero-order valence-electron chi connectivity index (χ0n) is 8.35. The van der Waals surface area contributed by atoms with Crippen LogP contribution in [0.25, 0.3) is 0 Å². The van der Waals surface area contributed by atoms with Crippen molar-refractivity contribution >= 4 is 34.5 Å². The van der Waals surface area contributed by atoms with Crippen molar-refractivity contribution in [2.75, 3.05) is 13.2 Å². The average molecular weight is 306 g/mol. The Kier molecular flexibility index (Phi) is 5.27. The number of thiol groups is 1. The summed E-state index contributed by atoms with van der Waals surface area (Å²) in [5.74, 6) is -0.365. The van der Waals surface area contributed by atoms with Crippen LogP contribution >= 0.6 is 28.6 Å². The van der Waals surface area contributed by atoms with Crippen molar-refractivity contribution in [1.82, 2.24) is 5.32 Å². The summed E-state index contributed by atoms with van der Waals surface area (Å²) in [5, 5.41) is 20.2. The summed E-state index contributed by atoms with van der Waals surface area (Å²) in [6, 6.07) is 4.42. The summed E-state index contributed by atoms with van der Waals surface area (Å²) in [4.78, 5) is 12.4. The first-order valence-corrected chi connectivity index (χ1v) is 5.83. The summed E-state index contributed by atoms with van der Waals surface area (Å²) in [7, 11) is 0. The first kappa shape index (κ1) is 13.5. The number of halogens is 1. The number of carbonyl (C=O) groups is 1. The molecule has 0 aromatic heterocycles. The van der Waals surface area contributed by atoms with Gasteiger partial charge in [-0.25, -0.2) is 0 Å². The van der Waals surface area contributed by atoms with Crippen LogP contribution < -0.4 is 5.32 Å². The summed E-state index contributed by atoms with van der Waals surface area (Å²) in [6.45, 7) is -0.610. The fraction of sp³-hybridized carbons (Fsp3) is 0.300. The molecule has 0 bridgehead atoms. The fourth-order valence-corrected chi connectivity index (χ4v) is 1.73. The first-order chi connectivity index (χ1) is 7.58. The van der Waals surface area contributed by atoms with Gasteiger partial charge in [0.15, 0.2) is 0 Å². The van der Waals surface area contributed by atoms with Crippen LogP contribution in [0.2, 0.25) is 0 Å². The Balaban J connectivity index is 2.83. The Morgan fingerprint density at radius 3 is 2.62 bits per heavy atom. The zero-order valence-corrected chi connectivity index (χ0v) is 10.8. The molecule has 0 heterocycles. The third-order valence-electron chi connectivity index (χ3n) is 1.97. The van der Waals surface area contributed by atoms with Crippen molar-refractivity contribution in [3.63, 3.8) is 0 Å². The van der Waals surface area contributed by atoms with Gasteiger partial charge >= 0.3 is 0 Å². The molecular weight excluding hydrogens is 294 g/mol. The molecule has 6 heteroatoms. The average Bonchev–Trinajstić information content (AvgIpc) is 2.28. The van der Waals surface area contributed by atoms with Gasteiger partial charge in [-0.2, -0.15) is 0 Å². The number of aliphatic hydroxyl groups excluding tert-OH is 2. The van der Waals surface area contributed by atoms with E-state index in [1.54, 1.807) is 18.2 Å². The third-order valence-corrected chi connectivity index (χ3v) is 2.94. The SMILES string of the molecule is O=C(NC(CO)CO)c1cc(S)ccc1Br. The van der Waals surface area contributed by atoms with E-state index in [2.05, 4.69) is 33.9 Å². The number of nitrogens with one attached hydrogen (secondary N) is 1. The summed E-state index contributed by atoms with van der Waals surface area (Å²) in [6.07, 6.45) is 0. The van der Waals surface area contributed by atoms with Gasteiger partial charge in [-0.15, -0.1) is 12.6 Å². The minimum Gasteiger partial charge on any atom is -0.394 e. The van der Waals surface area contributed by atoms with Crippen LogP contribution in [0.1, 0.15) is 10.4 Å². The molecule has 0 radical (unpaired) electrons. The Labute approximate surface area is 107 Å². The van der Waals surface area contributed by atoms with E-state index in [-0.39, 0.29) is 19.1 Å². The molecule has 3 N–H and O–H groups in total. The van der Waals surface area contributed by atoms with Crippen molar-refractivity contribution in [1.29, 1.82) is 0 Å². The van der Waals surface area contributed by atoms with E-state index in [1.165, 1.54) is 0 Å². The van der Waals surface area contributed by atoms with Crippen LogP contribution in [0.3, 0.4) is 0 Å². The number of benzene rings is 1. The van der Waals surface area contributed by atoms with Gasteiger partial charge in [0.05, 0.1) is 24.8 Å². The van der Waals surface area contributed by atoms with Crippen LogP contribution in [0, 0.1) is 0 Å². The maximum Gasteiger partial charge on any atom is 0.252 e. The van der Waals surface area contributed by atoms with Crippen LogP contribution in [0.4, 0.5) is 0 Å². The summed E-state index contributed by atoms with van der Waals surface area (Å²) >= 11 is 7.38.